The lowest BCUT2D eigenvalue weighted by atomic mass is 9.86. The number of pyridine rings is 1. The van der Waals surface area contributed by atoms with E-state index < -0.39 is 0 Å². The standard InChI is InChI=1S/C23H23N3/c1-2-6-18(7-3-1)23-22(17-9-12-24-13-10-17)20(16-25-23)19-11-15-26-14-5-4-8-21(19)26/h1-4,6-10,12-13,16,19,21,25H,5,11,14-15H2. The van der Waals surface area contributed by atoms with Crippen molar-refractivity contribution in [3.63, 3.8) is 0 Å². The summed E-state index contributed by atoms with van der Waals surface area (Å²) in [6.45, 7) is 2.39. The Hall–Kier alpha value is -2.65. The number of nitrogens with one attached hydrogen (secondary N) is 1. The van der Waals surface area contributed by atoms with Gasteiger partial charge in [-0.1, -0.05) is 42.5 Å². The zero-order chi connectivity index (χ0) is 17.3. The van der Waals surface area contributed by atoms with Crippen molar-refractivity contribution >= 4 is 0 Å². The fourth-order valence-corrected chi connectivity index (χ4v) is 4.60. The van der Waals surface area contributed by atoms with Crippen LogP contribution in [0.1, 0.15) is 24.3 Å². The maximum atomic E-state index is 4.22. The van der Waals surface area contributed by atoms with Crippen LogP contribution in [-0.2, 0) is 0 Å². The first kappa shape index (κ1) is 15.6. The van der Waals surface area contributed by atoms with E-state index in [-0.39, 0.29) is 0 Å². The van der Waals surface area contributed by atoms with Crippen LogP contribution in [0.2, 0.25) is 0 Å². The second-order valence-electron chi connectivity index (χ2n) is 7.23. The maximum absolute atomic E-state index is 4.22. The topological polar surface area (TPSA) is 31.9 Å². The summed E-state index contributed by atoms with van der Waals surface area (Å²) in [7, 11) is 0. The molecule has 0 amide bonds. The van der Waals surface area contributed by atoms with Crippen molar-refractivity contribution in [3.05, 3.63) is 78.8 Å². The Morgan fingerprint density at radius 2 is 1.81 bits per heavy atom. The molecule has 1 saturated heterocycles. The molecule has 2 aliphatic heterocycles. The molecule has 2 aromatic heterocycles. The van der Waals surface area contributed by atoms with E-state index in [2.05, 4.69) is 75.7 Å². The number of rotatable bonds is 3. The first-order valence-electron chi connectivity index (χ1n) is 9.49. The van der Waals surface area contributed by atoms with Gasteiger partial charge in [-0.25, -0.2) is 0 Å². The fourth-order valence-electron chi connectivity index (χ4n) is 4.60. The zero-order valence-corrected chi connectivity index (χ0v) is 14.8. The number of hydrogen-bond acceptors (Lipinski definition) is 2. The Morgan fingerprint density at radius 3 is 2.65 bits per heavy atom. The van der Waals surface area contributed by atoms with Gasteiger partial charge in [-0.2, -0.15) is 0 Å². The molecule has 0 saturated carbocycles. The van der Waals surface area contributed by atoms with E-state index in [1.807, 2.05) is 12.4 Å². The van der Waals surface area contributed by atoms with Crippen molar-refractivity contribution in [2.75, 3.05) is 13.1 Å². The lowest BCUT2D eigenvalue weighted by molar-refractivity contribution is 0.276. The molecule has 0 spiro atoms. The van der Waals surface area contributed by atoms with Gasteiger partial charge in [0.05, 0.1) is 5.69 Å². The first-order chi connectivity index (χ1) is 12.9. The normalized spacial score (nSPS) is 22.5. The first-order valence-corrected chi connectivity index (χ1v) is 9.49. The number of benzene rings is 1. The van der Waals surface area contributed by atoms with Gasteiger partial charge in [0.2, 0.25) is 0 Å². The van der Waals surface area contributed by atoms with Crippen LogP contribution < -0.4 is 0 Å². The quantitative estimate of drug-likeness (QED) is 0.690. The number of hydrogen-bond donors (Lipinski definition) is 1. The summed E-state index contributed by atoms with van der Waals surface area (Å²) in [6, 6.07) is 15.4. The molecule has 3 nitrogen and oxygen atoms in total. The van der Waals surface area contributed by atoms with Gasteiger partial charge < -0.3 is 4.98 Å². The molecule has 0 radical (unpaired) electrons. The smallest absolute Gasteiger partial charge is 0.0536 e. The number of aromatic amines is 1. The van der Waals surface area contributed by atoms with Crippen molar-refractivity contribution in [1.29, 1.82) is 0 Å². The molecule has 4 heterocycles. The summed E-state index contributed by atoms with van der Waals surface area (Å²) in [5.74, 6) is 0.545. The molecule has 2 unspecified atom stereocenters. The van der Waals surface area contributed by atoms with Crippen molar-refractivity contribution < 1.29 is 0 Å². The highest BCUT2D eigenvalue weighted by Crippen LogP contribution is 2.44. The van der Waals surface area contributed by atoms with Crippen LogP contribution in [0.15, 0.2) is 73.2 Å². The fraction of sp³-hybridized carbons (Fsp3) is 0.261. The zero-order valence-electron chi connectivity index (χ0n) is 14.8. The minimum absolute atomic E-state index is 0.531. The summed E-state index contributed by atoms with van der Waals surface area (Å²) in [6.07, 6.45) is 13.2. The van der Waals surface area contributed by atoms with Gasteiger partial charge in [-0.15, -0.1) is 0 Å². The Labute approximate surface area is 154 Å². The lowest BCUT2D eigenvalue weighted by Gasteiger charge is -2.28. The van der Waals surface area contributed by atoms with E-state index in [9.17, 15) is 0 Å². The predicted molar refractivity (Wildman–Crippen MR) is 106 cm³/mol. The molecule has 26 heavy (non-hydrogen) atoms. The number of nitrogens with zero attached hydrogens (tertiary/aromatic N) is 2. The molecule has 0 aliphatic carbocycles. The van der Waals surface area contributed by atoms with Crippen LogP contribution in [-0.4, -0.2) is 34.0 Å². The van der Waals surface area contributed by atoms with Crippen LogP contribution >= 0.6 is 0 Å². The van der Waals surface area contributed by atoms with Gasteiger partial charge in [-0.05, 0) is 48.2 Å². The molecule has 1 N–H and O–H groups in total. The van der Waals surface area contributed by atoms with Gasteiger partial charge in [-0.3, -0.25) is 9.88 Å². The molecular weight excluding hydrogens is 318 g/mol. The molecule has 1 aromatic carbocycles. The van der Waals surface area contributed by atoms with E-state index in [0.29, 0.717) is 12.0 Å². The Bertz CT molecular complexity index is 911. The van der Waals surface area contributed by atoms with Gasteiger partial charge in [0.1, 0.15) is 0 Å². The minimum atomic E-state index is 0.531. The highest BCUT2D eigenvalue weighted by Gasteiger charge is 2.36. The molecule has 3 heteroatoms. The highest BCUT2D eigenvalue weighted by atomic mass is 15.2. The van der Waals surface area contributed by atoms with Crippen LogP contribution in [0.5, 0.6) is 0 Å². The van der Waals surface area contributed by atoms with Crippen LogP contribution in [0.25, 0.3) is 22.4 Å². The second-order valence-corrected chi connectivity index (χ2v) is 7.23. The summed E-state index contributed by atoms with van der Waals surface area (Å²) in [4.78, 5) is 10.5. The highest BCUT2D eigenvalue weighted by molar-refractivity contribution is 5.84. The summed E-state index contributed by atoms with van der Waals surface area (Å²) < 4.78 is 0. The Kier molecular flexibility index (Phi) is 3.95. The van der Waals surface area contributed by atoms with Crippen molar-refractivity contribution in [1.82, 2.24) is 14.9 Å². The van der Waals surface area contributed by atoms with E-state index in [1.165, 1.54) is 53.9 Å². The summed E-state index contributed by atoms with van der Waals surface area (Å²) in [5, 5.41) is 0. The molecule has 3 aromatic rings. The van der Waals surface area contributed by atoms with E-state index in [4.69, 9.17) is 0 Å². The predicted octanol–water partition coefficient (Wildman–Crippen LogP) is 4.86. The molecule has 130 valence electrons. The van der Waals surface area contributed by atoms with Crippen molar-refractivity contribution in [3.8, 4) is 22.4 Å². The minimum Gasteiger partial charge on any atom is -0.360 e. The molecule has 0 bridgehead atoms. The van der Waals surface area contributed by atoms with Crippen molar-refractivity contribution in [2.24, 2.45) is 0 Å². The number of fused-ring (bicyclic) bond motifs is 1. The third-order valence-corrected chi connectivity index (χ3v) is 5.82. The van der Waals surface area contributed by atoms with E-state index >= 15 is 0 Å². The average molecular weight is 341 g/mol. The molecule has 2 aliphatic rings. The summed E-state index contributed by atoms with van der Waals surface area (Å²) >= 11 is 0. The molecule has 1 fully saturated rings. The summed E-state index contributed by atoms with van der Waals surface area (Å²) in [5.41, 5.74) is 6.47. The van der Waals surface area contributed by atoms with Gasteiger partial charge in [0, 0.05) is 42.7 Å². The van der Waals surface area contributed by atoms with Crippen molar-refractivity contribution in [2.45, 2.75) is 24.8 Å². The Morgan fingerprint density at radius 1 is 0.962 bits per heavy atom. The second kappa shape index (κ2) is 6.58. The molecule has 2 atom stereocenters. The van der Waals surface area contributed by atoms with Crippen LogP contribution in [0, 0.1) is 0 Å². The average Bonchev–Trinajstić information content (AvgIpc) is 3.33. The third-order valence-electron chi connectivity index (χ3n) is 5.82. The van der Waals surface area contributed by atoms with Crippen LogP contribution in [0.3, 0.4) is 0 Å². The maximum Gasteiger partial charge on any atom is 0.0536 e. The number of H-pyrrole nitrogens is 1. The van der Waals surface area contributed by atoms with Crippen LogP contribution in [0.4, 0.5) is 0 Å². The Balaban J connectivity index is 1.66. The van der Waals surface area contributed by atoms with E-state index in [1.54, 1.807) is 0 Å². The largest absolute Gasteiger partial charge is 0.360 e. The van der Waals surface area contributed by atoms with Gasteiger partial charge >= 0.3 is 0 Å². The SMILES string of the molecule is C1=CC2C(c3c[nH]c(-c4ccccc4)c3-c3ccncc3)CCN2CC1. The third kappa shape index (κ3) is 2.60. The van der Waals surface area contributed by atoms with Gasteiger partial charge in [0.25, 0.3) is 0 Å². The van der Waals surface area contributed by atoms with E-state index in [0.717, 1.165) is 0 Å². The lowest BCUT2D eigenvalue weighted by Crippen LogP contribution is -2.33. The van der Waals surface area contributed by atoms with Gasteiger partial charge in [0.15, 0.2) is 0 Å². The molecule has 5 rings (SSSR count). The number of aromatic nitrogens is 2. The monoisotopic (exact) mass is 341 g/mol. The molecular formula is C23H23N3.